The van der Waals surface area contributed by atoms with Crippen LogP contribution in [-0.4, -0.2) is 31.2 Å². The summed E-state index contributed by atoms with van der Waals surface area (Å²) in [5.74, 6) is -0.605. The Morgan fingerprint density at radius 2 is 1.68 bits per heavy atom. The van der Waals surface area contributed by atoms with Crippen molar-refractivity contribution in [3.05, 3.63) is 54.6 Å². The molecule has 1 fully saturated rings. The highest BCUT2D eigenvalue weighted by molar-refractivity contribution is 7.89. The summed E-state index contributed by atoms with van der Waals surface area (Å²) >= 11 is 0. The predicted molar refractivity (Wildman–Crippen MR) is 83.4 cm³/mol. The van der Waals surface area contributed by atoms with Gasteiger partial charge in [0.25, 0.3) is 0 Å². The second kappa shape index (κ2) is 5.55. The minimum atomic E-state index is -3.74. The average Bonchev–Trinajstić information content (AvgIpc) is 2.46. The van der Waals surface area contributed by atoms with Crippen molar-refractivity contribution in [1.29, 1.82) is 0 Å². The number of carbonyl (C=O) groups excluding carboxylic acids is 1. The van der Waals surface area contributed by atoms with Crippen molar-refractivity contribution < 1.29 is 13.2 Å². The third-order valence-corrected chi connectivity index (χ3v) is 5.82. The van der Waals surface area contributed by atoms with E-state index >= 15 is 0 Å². The number of sulfonamides is 1. The number of nitrogens with zero attached hydrogens (tertiary/aromatic N) is 1. The fraction of sp³-hybridized carbons (Fsp3) is 0.188. The maximum atomic E-state index is 12.8. The molecular weight excluding hydrogens is 300 g/mol. The number of rotatable bonds is 4. The molecule has 0 spiro atoms. The molecule has 2 N–H and O–H groups in total. The SMILES string of the molecule is NC(=O)C1CCN1S(=O)(=O)c1ccccc1-c1ccccc1. The Kier molecular flexibility index (Phi) is 3.72. The van der Waals surface area contributed by atoms with Crippen LogP contribution in [0.1, 0.15) is 6.42 Å². The molecule has 2 aromatic carbocycles. The zero-order valence-electron chi connectivity index (χ0n) is 11.8. The molecule has 1 heterocycles. The van der Waals surface area contributed by atoms with Crippen LogP contribution in [0.15, 0.2) is 59.5 Å². The van der Waals surface area contributed by atoms with Gasteiger partial charge in [0.05, 0.1) is 4.90 Å². The molecule has 1 aliphatic rings. The molecule has 3 rings (SSSR count). The van der Waals surface area contributed by atoms with Gasteiger partial charge in [0, 0.05) is 12.1 Å². The van der Waals surface area contributed by atoms with E-state index in [1.54, 1.807) is 24.3 Å². The van der Waals surface area contributed by atoms with Gasteiger partial charge >= 0.3 is 0 Å². The highest BCUT2D eigenvalue weighted by Gasteiger charge is 2.42. The van der Waals surface area contributed by atoms with E-state index in [1.807, 2.05) is 30.3 Å². The molecule has 1 saturated heterocycles. The average molecular weight is 316 g/mol. The zero-order chi connectivity index (χ0) is 15.7. The molecule has 2 aromatic rings. The van der Waals surface area contributed by atoms with Crippen molar-refractivity contribution in [3.63, 3.8) is 0 Å². The molecule has 1 atom stereocenters. The third kappa shape index (κ3) is 2.40. The molecule has 22 heavy (non-hydrogen) atoms. The summed E-state index contributed by atoms with van der Waals surface area (Å²) in [5, 5.41) is 0. The molecule has 0 radical (unpaired) electrons. The van der Waals surface area contributed by atoms with E-state index in [4.69, 9.17) is 5.73 Å². The number of primary amides is 1. The lowest BCUT2D eigenvalue weighted by molar-refractivity contribution is -0.124. The first-order chi connectivity index (χ1) is 10.5. The van der Waals surface area contributed by atoms with Gasteiger partial charge in [-0.05, 0) is 18.1 Å². The molecule has 6 heteroatoms. The van der Waals surface area contributed by atoms with Gasteiger partial charge in [-0.1, -0.05) is 48.5 Å². The largest absolute Gasteiger partial charge is 0.368 e. The maximum Gasteiger partial charge on any atom is 0.244 e. The summed E-state index contributed by atoms with van der Waals surface area (Å²) in [6.07, 6.45) is 0.474. The van der Waals surface area contributed by atoms with Crippen LogP contribution in [0.4, 0.5) is 0 Å². The van der Waals surface area contributed by atoms with Crippen molar-refractivity contribution in [3.8, 4) is 11.1 Å². The van der Waals surface area contributed by atoms with E-state index in [0.717, 1.165) is 5.56 Å². The van der Waals surface area contributed by atoms with Crippen LogP contribution in [0.25, 0.3) is 11.1 Å². The lowest BCUT2D eigenvalue weighted by Gasteiger charge is -2.37. The maximum absolute atomic E-state index is 12.8. The first-order valence-corrected chi connectivity index (χ1v) is 8.41. The Morgan fingerprint density at radius 1 is 1.05 bits per heavy atom. The Hall–Kier alpha value is -2.18. The van der Waals surface area contributed by atoms with Crippen molar-refractivity contribution in [1.82, 2.24) is 4.31 Å². The number of benzene rings is 2. The molecule has 0 aliphatic carbocycles. The molecule has 1 amide bonds. The van der Waals surface area contributed by atoms with Crippen LogP contribution in [0.2, 0.25) is 0 Å². The van der Waals surface area contributed by atoms with E-state index in [2.05, 4.69) is 0 Å². The van der Waals surface area contributed by atoms with Crippen LogP contribution < -0.4 is 5.73 Å². The number of carbonyl (C=O) groups is 1. The van der Waals surface area contributed by atoms with Gasteiger partial charge in [0.1, 0.15) is 6.04 Å². The van der Waals surface area contributed by atoms with Gasteiger partial charge in [-0.2, -0.15) is 4.31 Å². The number of hydrogen-bond donors (Lipinski definition) is 1. The minimum absolute atomic E-state index is 0.201. The summed E-state index contributed by atoms with van der Waals surface area (Å²) in [4.78, 5) is 11.5. The van der Waals surface area contributed by atoms with Gasteiger partial charge < -0.3 is 5.73 Å². The van der Waals surface area contributed by atoms with Crippen molar-refractivity contribution in [2.24, 2.45) is 5.73 Å². The number of hydrogen-bond acceptors (Lipinski definition) is 3. The second-order valence-corrected chi connectivity index (χ2v) is 7.04. The fourth-order valence-electron chi connectivity index (χ4n) is 2.61. The Morgan fingerprint density at radius 3 is 2.27 bits per heavy atom. The molecule has 0 saturated carbocycles. The summed E-state index contributed by atoms with van der Waals surface area (Å²) in [6, 6.07) is 15.4. The summed E-state index contributed by atoms with van der Waals surface area (Å²) in [6.45, 7) is 0.319. The Bertz CT molecular complexity index is 803. The highest BCUT2D eigenvalue weighted by Crippen LogP contribution is 2.33. The van der Waals surface area contributed by atoms with E-state index in [1.165, 1.54) is 4.31 Å². The standard InChI is InChI=1S/C16H16N2O3S/c17-16(19)14-10-11-18(14)22(20,21)15-9-5-4-8-13(15)12-6-2-1-3-7-12/h1-9,14H,10-11H2,(H2,17,19). The summed E-state index contributed by atoms with van der Waals surface area (Å²) in [5.41, 5.74) is 6.71. The fourth-order valence-corrected chi connectivity index (χ4v) is 4.47. The minimum Gasteiger partial charge on any atom is -0.368 e. The highest BCUT2D eigenvalue weighted by atomic mass is 32.2. The first kappa shape index (κ1) is 14.7. The lowest BCUT2D eigenvalue weighted by Crippen LogP contribution is -2.57. The predicted octanol–water partition coefficient (Wildman–Crippen LogP) is 1.60. The van der Waals surface area contributed by atoms with Gasteiger partial charge in [-0.15, -0.1) is 0 Å². The van der Waals surface area contributed by atoms with E-state index < -0.39 is 22.0 Å². The van der Waals surface area contributed by atoms with Crippen LogP contribution >= 0.6 is 0 Å². The summed E-state index contributed by atoms with van der Waals surface area (Å²) < 4.78 is 26.9. The van der Waals surface area contributed by atoms with Crippen LogP contribution in [0.3, 0.4) is 0 Å². The third-order valence-electron chi connectivity index (χ3n) is 3.86. The molecule has 0 aromatic heterocycles. The topological polar surface area (TPSA) is 80.5 Å². The zero-order valence-corrected chi connectivity index (χ0v) is 12.7. The second-order valence-electron chi connectivity index (χ2n) is 5.18. The molecular formula is C16H16N2O3S. The Labute approximate surface area is 129 Å². The molecule has 114 valence electrons. The molecule has 5 nitrogen and oxygen atoms in total. The number of nitrogens with two attached hydrogens (primary N) is 1. The number of amides is 1. The lowest BCUT2D eigenvalue weighted by atomic mass is 10.1. The van der Waals surface area contributed by atoms with Crippen LogP contribution in [0, 0.1) is 0 Å². The van der Waals surface area contributed by atoms with Crippen molar-refractivity contribution in [2.45, 2.75) is 17.4 Å². The normalized spacial score (nSPS) is 18.6. The van der Waals surface area contributed by atoms with Gasteiger partial charge in [0.15, 0.2) is 0 Å². The molecule has 0 bridgehead atoms. The summed E-state index contributed by atoms with van der Waals surface area (Å²) in [7, 11) is -3.74. The van der Waals surface area contributed by atoms with Crippen molar-refractivity contribution >= 4 is 15.9 Å². The molecule has 1 unspecified atom stereocenters. The van der Waals surface area contributed by atoms with Gasteiger partial charge in [-0.25, -0.2) is 8.42 Å². The van der Waals surface area contributed by atoms with E-state index in [-0.39, 0.29) is 4.90 Å². The van der Waals surface area contributed by atoms with Gasteiger partial charge in [-0.3, -0.25) is 4.79 Å². The Balaban J connectivity index is 2.08. The monoisotopic (exact) mass is 316 g/mol. The van der Waals surface area contributed by atoms with Gasteiger partial charge in [0.2, 0.25) is 15.9 Å². The van der Waals surface area contributed by atoms with E-state index in [9.17, 15) is 13.2 Å². The van der Waals surface area contributed by atoms with Crippen LogP contribution in [0.5, 0.6) is 0 Å². The van der Waals surface area contributed by atoms with Crippen LogP contribution in [-0.2, 0) is 14.8 Å². The quantitative estimate of drug-likeness (QED) is 0.930. The molecule has 1 aliphatic heterocycles. The van der Waals surface area contributed by atoms with Crippen molar-refractivity contribution in [2.75, 3.05) is 6.54 Å². The smallest absolute Gasteiger partial charge is 0.244 e. The van der Waals surface area contributed by atoms with E-state index in [0.29, 0.717) is 18.5 Å². The first-order valence-electron chi connectivity index (χ1n) is 6.97.